The number of ether oxygens (including phenoxy) is 2. The van der Waals surface area contributed by atoms with Crippen molar-refractivity contribution in [3.63, 3.8) is 0 Å². The van der Waals surface area contributed by atoms with Gasteiger partial charge in [0.1, 0.15) is 10.6 Å². The Kier molecular flexibility index (Phi) is 6.23. The predicted octanol–water partition coefficient (Wildman–Crippen LogP) is 3.32. The first-order valence-electron chi connectivity index (χ1n) is 7.30. The molecule has 2 rings (SSSR count). The van der Waals surface area contributed by atoms with E-state index in [1.165, 1.54) is 14.2 Å². The average molecular weight is 370 g/mol. The van der Waals surface area contributed by atoms with Crippen molar-refractivity contribution in [1.82, 2.24) is 4.72 Å². The van der Waals surface area contributed by atoms with E-state index in [-0.39, 0.29) is 11.4 Å². The van der Waals surface area contributed by atoms with Gasteiger partial charge in [-0.05, 0) is 30.7 Å². The van der Waals surface area contributed by atoms with Gasteiger partial charge in [-0.3, -0.25) is 0 Å². The zero-order valence-corrected chi connectivity index (χ0v) is 15.3. The first-order chi connectivity index (χ1) is 11.4. The number of hydrogen-bond acceptors (Lipinski definition) is 4. The maximum atomic E-state index is 12.6. The lowest BCUT2D eigenvalue weighted by Gasteiger charge is -2.18. The number of hydrogen-bond donors (Lipinski definition) is 1. The van der Waals surface area contributed by atoms with Crippen LogP contribution >= 0.6 is 11.6 Å². The highest BCUT2D eigenvalue weighted by molar-refractivity contribution is 7.89. The highest BCUT2D eigenvalue weighted by Gasteiger charge is 2.22. The van der Waals surface area contributed by atoms with Gasteiger partial charge in [-0.1, -0.05) is 35.9 Å². The Morgan fingerprint density at radius 3 is 2.50 bits per heavy atom. The number of rotatable bonds is 7. The molecule has 0 radical (unpaired) electrons. The summed E-state index contributed by atoms with van der Waals surface area (Å²) in [6.45, 7) is 1.87. The summed E-state index contributed by atoms with van der Waals surface area (Å²) in [5.74, 6) is 0.291. The fourth-order valence-electron chi connectivity index (χ4n) is 2.31. The van der Waals surface area contributed by atoms with Crippen LogP contribution in [0.5, 0.6) is 5.75 Å². The molecule has 0 bridgehead atoms. The average Bonchev–Trinajstić information content (AvgIpc) is 2.56. The number of nitrogens with one attached hydrogen (secondary N) is 1. The van der Waals surface area contributed by atoms with Gasteiger partial charge in [0.15, 0.2) is 0 Å². The number of sulfonamides is 1. The van der Waals surface area contributed by atoms with Gasteiger partial charge in [-0.15, -0.1) is 0 Å². The molecule has 1 N–H and O–H groups in total. The standard InChI is InChI=1S/C17H20ClNO4S/c1-12-8-9-15(22-2)17(10-12)24(20,21)19-11-16(23-3)13-6-4-5-7-14(13)18/h4-10,16,19H,11H2,1-3H3. The van der Waals surface area contributed by atoms with Crippen LogP contribution in [0.1, 0.15) is 17.2 Å². The molecule has 0 spiro atoms. The molecule has 7 heteroatoms. The van der Waals surface area contributed by atoms with Crippen LogP contribution in [0.4, 0.5) is 0 Å². The Morgan fingerprint density at radius 2 is 1.88 bits per heavy atom. The summed E-state index contributed by atoms with van der Waals surface area (Å²) in [5.41, 5.74) is 1.55. The van der Waals surface area contributed by atoms with Gasteiger partial charge >= 0.3 is 0 Å². The van der Waals surface area contributed by atoms with E-state index in [0.717, 1.165) is 11.1 Å². The van der Waals surface area contributed by atoms with Crippen LogP contribution in [0.3, 0.4) is 0 Å². The van der Waals surface area contributed by atoms with Crippen LogP contribution in [0.15, 0.2) is 47.4 Å². The molecule has 2 aromatic rings. The Balaban J connectivity index is 2.24. The van der Waals surface area contributed by atoms with Crippen LogP contribution in [-0.2, 0) is 14.8 Å². The van der Waals surface area contributed by atoms with E-state index in [2.05, 4.69) is 4.72 Å². The molecule has 0 amide bonds. The van der Waals surface area contributed by atoms with Gasteiger partial charge in [0.05, 0.1) is 13.2 Å². The highest BCUT2D eigenvalue weighted by Crippen LogP contribution is 2.27. The summed E-state index contributed by atoms with van der Waals surface area (Å²) in [4.78, 5) is 0.0963. The molecule has 0 saturated heterocycles. The lowest BCUT2D eigenvalue weighted by atomic mass is 10.1. The van der Waals surface area contributed by atoms with Crippen LogP contribution in [0.25, 0.3) is 0 Å². The van der Waals surface area contributed by atoms with Crippen molar-refractivity contribution >= 4 is 21.6 Å². The third-order valence-corrected chi connectivity index (χ3v) is 5.39. The monoisotopic (exact) mass is 369 g/mol. The number of halogens is 1. The fraction of sp³-hybridized carbons (Fsp3) is 0.294. The van der Waals surface area contributed by atoms with E-state index >= 15 is 0 Å². The molecule has 1 unspecified atom stereocenters. The molecule has 0 heterocycles. The van der Waals surface area contributed by atoms with E-state index in [4.69, 9.17) is 21.1 Å². The first kappa shape index (κ1) is 18.7. The third kappa shape index (κ3) is 4.27. The van der Waals surface area contributed by atoms with E-state index in [0.29, 0.717) is 10.8 Å². The normalized spacial score (nSPS) is 12.8. The second-order valence-electron chi connectivity index (χ2n) is 5.25. The number of aryl methyl sites for hydroxylation is 1. The molecule has 0 aliphatic carbocycles. The van der Waals surface area contributed by atoms with Crippen LogP contribution in [0.2, 0.25) is 5.02 Å². The summed E-state index contributed by atoms with van der Waals surface area (Å²) in [7, 11) is -0.804. The Bertz CT molecular complexity index is 808. The molecular formula is C17H20ClNO4S. The minimum absolute atomic E-state index is 0.0552. The maximum Gasteiger partial charge on any atom is 0.244 e. The summed E-state index contributed by atoms with van der Waals surface area (Å²) >= 11 is 6.16. The second-order valence-corrected chi connectivity index (χ2v) is 7.39. The predicted molar refractivity (Wildman–Crippen MR) is 94.1 cm³/mol. The minimum Gasteiger partial charge on any atom is -0.495 e. The smallest absolute Gasteiger partial charge is 0.244 e. The summed E-state index contributed by atoms with van der Waals surface area (Å²) in [6.07, 6.45) is -0.496. The SMILES string of the molecule is COc1ccc(C)cc1S(=O)(=O)NCC(OC)c1ccccc1Cl. The molecule has 5 nitrogen and oxygen atoms in total. The third-order valence-electron chi connectivity index (χ3n) is 3.60. The van der Waals surface area contributed by atoms with Crippen molar-refractivity contribution in [2.75, 3.05) is 20.8 Å². The summed E-state index contributed by atoms with van der Waals surface area (Å²) < 4.78 is 38.3. The Hall–Kier alpha value is -1.60. The largest absolute Gasteiger partial charge is 0.495 e. The molecule has 24 heavy (non-hydrogen) atoms. The molecule has 1 atom stereocenters. The van der Waals surface area contributed by atoms with Crippen LogP contribution < -0.4 is 9.46 Å². The van der Waals surface area contributed by atoms with Gasteiger partial charge in [-0.2, -0.15) is 0 Å². The highest BCUT2D eigenvalue weighted by atomic mass is 35.5. The number of methoxy groups -OCH3 is 2. The van der Waals surface area contributed by atoms with Crippen LogP contribution in [0, 0.1) is 6.92 Å². The summed E-state index contributed by atoms with van der Waals surface area (Å²) in [6, 6.07) is 12.2. The van der Waals surface area contributed by atoms with Gasteiger partial charge in [-0.25, -0.2) is 13.1 Å². The lowest BCUT2D eigenvalue weighted by Crippen LogP contribution is -2.29. The number of benzene rings is 2. The van der Waals surface area contributed by atoms with Crippen LogP contribution in [-0.4, -0.2) is 29.2 Å². The molecule has 0 aliphatic rings. The van der Waals surface area contributed by atoms with E-state index in [9.17, 15) is 8.42 Å². The molecule has 0 aromatic heterocycles. The zero-order valence-electron chi connectivity index (χ0n) is 13.7. The van der Waals surface area contributed by atoms with Crippen molar-refractivity contribution in [3.05, 3.63) is 58.6 Å². The van der Waals surface area contributed by atoms with Gasteiger partial charge in [0, 0.05) is 24.2 Å². The Labute approximate surface area is 147 Å². The van der Waals surface area contributed by atoms with Gasteiger partial charge in [0.25, 0.3) is 0 Å². The maximum absolute atomic E-state index is 12.6. The quantitative estimate of drug-likeness (QED) is 0.813. The molecule has 0 aliphatic heterocycles. The van der Waals surface area contributed by atoms with E-state index < -0.39 is 16.1 Å². The fourth-order valence-corrected chi connectivity index (χ4v) is 3.85. The zero-order chi connectivity index (χ0) is 17.7. The molecule has 0 fully saturated rings. The first-order valence-corrected chi connectivity index (χ1v) is 9.16. The topological polar surface area (TPSA) is 64.6 Å². The van der Waals surface area contributed by atoms with Crippen molar-refractivity contribution in [1.29, 1.82) is 0 Å². The van der Waals surface area contributed by atoms with Crippen molar-refractivity contribution in [3.8, 4) is 5.75 Å². The van der Waals surface area contributed by atoms with Gasteiger partial charge in [0.2, 0.25) is 10.0 Å². The minimum atomic E-state index is -3.75. The van der Waals surface area contributed by atoms with E-state index in [1.54, 1.807) is 36.4 Å². The molecule has 2 aromatic carbocycles. The molecular weight excluding hydrogens is 350 g/mol. The van der Waals surface area contributed by atoms with Crippen molar-refractivity contribution < 1.29 is 17.9 Å². The Morgan fingerprint density at radius 1 is 1.17 bits per heavy atom. The van der Waals surface area contributed by atoms with Crippen molar-refractivity contribution in [2.24, 2.45) is 0 Å². The second kappa shape index (κ2) is 7.98. The lowest BCUT2D eigenvalue weighted by molar-refractivity contribution is 0.107. The van der Waals surface area contributed by atoms with Crippen molar-refractivity contribution in [2.45, 2.75) is 17.9 Å². The molecule has 130 valence electrons. The summed E-state index contributed by atoms with van der Waals surface area (Å²) in [5, 5.41) is 0.525. The molecule has 0 saturated carbocycles. The van der Waals surface area contributed by atoms with E-state index in [1.807, 2.05) is 13.0 Å². The van der Waals surface area contributed by atoms with Gasteiger partial charge < -0.3 is 9.47 Å².